The van der Waals surface area contributed by atoms with Gasteiger partial charge in [-0.25, -0.2) is 5.01 Å². The highest BCUT2D eigenvalue weighted by Crippen LogP contribution is 2.20. The first-order chi connectivity index (χ1) is 8.16. The molecule has 1 amide bonds. The van der Waals surface area contributed by atoms with Gasteiger partial charge < -0.3 is 5.32 Å². The molecule has 0 spiro atoms. The number of carbonyl (C=O) groups excluding carboxylic acids is 1. The van der Waals surface area contributed by atoms with Crippen LogP contribution in [-0.2, 0) is 4.79 Å². The van der Waals surface area contributed by atoms with Crippen LogP contribution >= 0.6 is 0 Å². The minimum Gasteiger partial charge on any atom is -0.313 e. The maximum absolute atomic E-state index is 11.8. The second kappa shape index (κ2) is 5.83. The summed E-state index contributed by atoms with van der Waals surface area (Å²) in [6.07, 6.45) is 6.80. The fourth-order valence-electron chi connectivity index (χ4n) is 2.52. The number of hydrogen-bond acceptors (Lipinski definition) is 3. The van der Waals surface area contributed by atoms with Gasteiger partial charge in [-0.2, -0.15) is 0 Å². The molecule has 1 saturated heterocycles. The molecule has 1 aliphatic carbocycles. The third-order valence-corrected chi connectivity index (χ3v) is 3.81. The zero-order valence-corrected chi connectivity index (χ0v) is 11.0. The molecule has 0 bridgehead atoms. The average molecular weight is 239 g/mol. The van der Waals surface area contributed by atoms with Crippen molar-refractivity contribution in [3.63, 3.8) is 0 Å². The summed E-state index contributed by atoms with van der Waals surface area (Å²) in [5, 5.41) is 5.51. The highest BCUT2D eigenvalue weighted by atomic mass is 16.2. The molecule has 4 nitrogen and oxygen atoms in total. The van der Waals surface area contributed by atoms with Gasteiger partial charge in [-0.3, -0.25) is 10.2 Å². The first-order valence-corrected chi connectivity index (χ1v) is 6.98. The molecule has 17 heavy (non-hydrogen) atoms. The van der Waals surface area contributed by atoms with E-state index in [1.807, 2.05) is 0 Å². The van der Waals surface area contributed by atoms with Gasteiger partial charge >= 0.3 is 0 Å². The molecule has 0 aromatic carbocycles. The normalized spacial score (nSPS) is 30.2. The Balaban J connectivity index is 1.68. The Bertz CT molecular complexity index is 255. The van der Waals surface area contributed by atoms with Crippen LogP contribution in [0.4, 0.5) is 0 Å². The minimum absolute atomic E-state index is 0.152. The molecule has 0 aromatic heterocycles. The van der Waals surface area contributed by atoms with Crippen molar-refractivity contribution < 1.29 is 4.79 Å². The third-order valence-electron chi connectivity index (χ3n) is 3.81. The van der Waals surface area contributed by atoms with Gasteiger partial charge in [-0.05, 0) is 39.5 Å². The molecule has 1 heterocycles. The molecular formula is C13H25N3O. The van der Waals surface area contributed by atoms with Crippen molar-refractivity contribution in [1.29, 1.82) is 0 Å². The lowest BCUT2D eigenvalue weighted by Crippen LogP contribution is -2.54. The van der Waals surface area contributed by atoms with E-state index in [-0.39, 0.29) is 5.91 Å². The minimum atomic E-state index is 0.152. The lowest BCUT2D eigenvalue weighted by Gasteiger charge is -2.38. The number of rotatable bonds is 5. The Labute approximate surface area is 104 Å². The van der Waals surface area contributed by atoms with Crippen LogP contribution in [0.25, 0.3) is 0 Å². The summed E-state index contributed by atoms with van der Waals surface area (Å²) >= 11 is 0. The Morgan fingerprint density at radius 1 is 1.18 bits per heavy atom. The van der Waals surface area contributed by atoms with Crippen LogP contribution in [0.15, 0.2) is 0 Å². The molecule has 2 atom stereocenters. The Morgan fingerprint density at radius 3 is 2.41 bits per heavy atom. The summed E-state index contributed by atoms with van der Waals surface area (Å²) in [7, 11) is 0. The van der Waals surface area contributed by atoms with E-state index in [2.05, 4.69) is 29.6 Å². The Kier molecular flexibility index (Phi) is 4.40. The van der Waals surface area contributed by atoms with Crippen LogP contribution < -0.4 is 10.7 Å². The van der Waals surface area contributed by atoms with E-state index in [1.54, 1.807) is 0 Å². The summed E-state index contributed by atoms with van der Waals surface area (Å²) in [5.41, 5.74) is 3.07. The molecule has 2 rings (SSSR count). The number of hydrogen-bond donors (Lipinski definition) is 2. The predicted molar refractivity (Wildman–Crippen MR) is 68.4 cm³/mol. The number of hydrazine groups is 1. The van der Waals surface area contributed by atoms with Gasteiger partial charge in [0.25, 0.3) is 0 Å². The van der Waals surface area contributed by atoms with E-state index in [4.69, 9.17) is 0 Å². The maximum atomic E-state index is 11.8. The Hall–Kier alpha value is -0.610. The van der Waals surface area contributed by atoms with Crippen molar-refractivity contribution in [2.75, 3.05) is 6.54 Å². The summed E-state index contributed by atoms with van der Waals surface area (Å²) < 4.78 is 0. The number of nitrogens with one attached hydrogen (secondary N) is 2. The van der Waals surface area contributed by atoms with Crippen molar-refractivity contribution in [3.05, 3.63) is 0 Å². The van der Waals surface area contributed by atoms with Gasteiger partial charge in [-0.1, -0.05) is 6.42 Å². The van der Waals surface area contributed by atoms with Gasteiger partial charge in [0, 0.05) is 31.1 Å². The molecule has 0 radical (unpaired) electrons. The number of amides is 1. The van der Waals surface area contributed by atoms with Crippen molar-refractivity contribution >= 4 is 5.91 Å². The summed E-state index contributed by atoms with van der Waals surface area (Å²) in [6, 6.07) is 1.63. The average Bonchev–Trinajstić information content (AvgIpc) is 3.08. The number of nitrogens with zero attached hydrogens (tertiary/aromatic N) is 1. The smallest absolute Gasteiger partial charge is 0.235 e. The molecule has 2 aliphatic rings. The molecule has 2 fully saturated rings. The van der Waals surface area contributed by atoms with Crippen LogP contribution in [-0.4, -0.2) is 35.6 Å². The van der Waals surface area contributed by atoms with E-state index in [1.165, 1.54) is 32.1 Å². The van der Waals surface area contributed by atoms with Gasteiger partial charge in [0.15, 0.2) is 0 Å². The molecule has 0 aromatic rings. The van der Waals surface area contributed by atoms with Crippen LogP contribution in [0.5, 0.6) is 0 Å². The molecule has 98 valence electrons. The van der Waals surface area contributed by atoms with Crippen molar-refractivity contribution in [3.8, 4) is 0 Å². The molecule has 1 aliphatic heterocycles. The fourth-order valence-corrected chi connectivity index (χ4v) is 2.52. The van der Waals surface area contributed by atoms with Crippen LogP contribution in [0, 0.1) is 0 Å². The lowest BCUT2D eigenvalue weighted by molar-refractivity contribution is -0.129. The number of piperidine rings is 1. The Morgan fingerprint density at radius 2 is 1.82 bits per heavy atom. The second-order valence-electron chi connectivity index (χ2n) is 5.55. The number of carbonyl (C=O) groups is 1. The zero-order chi connectivity index (χ0) is 12.3. The molecule has 2 unspecified atom stereocenters. The first-order valence-electron chi connectivity index (χ1n) is 6.98. The topological polar surface area (TPSA) is 44.4 Å². The fraction of sp³-hybridized carbons (Fsp3) is 0.923. The summed E-state index contributed by atoms with van der Waals surface area (Å²) in [5.74, 6) is 0.152. The van der Waals surface area contributed by atoms with Crippen LogP contribution in [0.1, 0.15) is 52.4 Å². The maximum Gasteiger partial charge on any atom is 0.235 e. The quantitative estimate of drug-likeness (QED) is 0.762. The van der Waals surface area contributed by atoms with Crippen molar-refractivity contribution in [2.24, 2.45) is 0 Å². The third kappa shape index (κ3) is 3.96. The van der Waals surface area contributed by atoms with Gasteiger partial charge in [0.1, 0.15) is 0 Å². The molecule has 1 saturated carbocycles. The SMILES string of the molecule is CC1CCCC(C)N1NC(=O)CCNC1CC1. The zero-order valence-electron chi connectivity index (χ0n) is 11.0. The first kappa shape index (κ1) is 12.8. The molecule has 4 heteroatoms. The van der Waals surface area contributed by atoms with Crippen molar-refractivity contribution in [2.45, 2.75) is 70.5 Å². The van der Waals surface area contributed by atoms with Crippen LogP contribution in [0.2, 0.25) is 0 Å². The molecule has 2 N–H and O–H groups in total. The second-order valence-corrected chi connectivity index (χ2v) is 5.55. The van der Waals surface area contributed by atoms with Crippen molar-refractivity contribution in [1.82, 2.24) is 15.8 Å². The lowest BCUT2D eigenvalue weighted by atomic mass is 10.00. The highest BCUT2D eigenvalue weighted by Gasteiger charge is 2.26. The monoisotopic (exact) mass is 239 g/mol. The van der Waals surface area contributed by atoms with Gasteiger partial charge in [-0.15, -0.1) is 0 Å². The molecular weight excluding hydrogens is 214 g/mol. The highest BCUT2D eigenvalue weighted by molar-refractivity contribution is 5.75. The largest absolute Gasteiger partial charge is 0.313 e. The van der Waals surface area contributed by atoms with E-state index < -0.39 is 0 Å². The summed E-state index contributed by atoms with van der Waals surface area (Å²) in [4.78, 5) is 11.8. The van der Waals surface area contributed by atoms with Gasteiger partial charge in [0.05, 0.1) is 0 Å². The van der Waals surface area contributed by atoms with Crippen LogP contribution in [0.3, 0.4) is 0 Å². The van der Waals surface area contributed by atoms with E-state index >= 15 is 0 Å². The van der Waals surface area contributed by atoms with Gasteiger partial charge in [0.2, 0.25) is 5.91 Å². The summed E-state index contributed by atoms with van der Waals surface area (Å²) in [6.45, 7) is 5.20. The standard InChI is InChI=1S/C13H25N3O/c1-10-4-3-5-11(2)16(10)15-13(17)8-9-14-12-6-7-12/h10-12,14H,3-9H2,1-2H3,(H,15,17). The van der Waals surface area contributed by atoms with E-state index in [0.717, 1.165) is 6.54 Å². The van der Waals surface area contributed by atoms with E-state index in [9.17, 15) is 4.79 Å². The van der Waals surface area contributed by atoms with E-state index in [0.29, 0.717) is 24.5 Å². The predicted octanol–water partition coefficient (Wildman–Crippen LogP) is 1.42.